The van der Waals surface area contributed by atoms with E-state index in [1.165, 1.54) is 13.8 Å². The van der Waals surface area contributed by atoms with Crippen molar-refractivity contribution in [2.75, 3.05) is 0 Å². The van der Waals surface area contributed by atoms with Gasteiger partial charge in [-0.2, -0.15) is 0 Å². The van der Waals surface area contributed by atoms with Gasteiger partial charge in [-0.15, -0.1) is 0 Å². The van der Waals surface area contributed by atoms with Crippen LogP contribution in [0.4, 0.5) is 0 Å². The van der Waals surface area contributed by atoms with Crippen molar-refractivity contribution in [2.24, 2.45) is 5.73 Å². The Morgan fingerprint density at radius 2 is 1.82 bits per heavy atom. The second-order valence-electron chi connectivity index (χ2n) is 3.77. The largest absolute Gasteiger partial charge is 0.401 e. The van der Waals surface area contributed by atoms with Crippen LogP contribution in [0.3, 0.4) is 0 Å². The molecule has 0 atom stereocenters. The molecule has 3 N–H and O–H groups in total. The van der Waals surface area contributed by atoms with Gasteiger partial charge in [-0.1, -0.05) is 18.3 Å². The lowest BCUT2D eigenvalue weighted by Crippen LogP contribution is -2.21. The van der Waals surface area contributed by atoms with Crippen LogP contribution in [-0.2, 0) is 14.6 Å². The average Bonchev–Trinajstić information content (AvgIpc) is 2.11. The second kappa shape index (κ2) is 6.11. The van der Waals surface area contributed by atoms with E-state index in [9.17, 15) is 13.2 Å². The molecule has 0 unspecified atom stereocenters. The molecule has 0 aliphatic carbocycles. The molecule has 0 saturated carbocycles. The third-order valence-electron chi connectivity index (χ3n) is 1.73. The van der Waals surface area contributed by atoms with Crippen LogP contribution in [0.15, 0.2) is 21.5 Å². The van der Waals surface area contributed by atoms with Crippen LogP contribution in [0, 0.1) is 0 Å². The van der Waals surface area contributed by atoms with Crippen molar-refractivity contribution in [1.82, 2.24) is 5.32 Å². The van der Waals surface area contributed by atoms with E-state index in [1.807, 2.05) is 0 Å². The zero-order valence-corrected chi connectivity index (χ0v) is 12.0. The van der Waals surface area contributed by atoms with Crippen LogP contribution in [0.5, 0.6) is 0 Å². The fourth-order valence-corrected chi connectivity index (χ4v) is 3.71. The number of sulfone groups is 1. The molecule has 7 heteroatoms. The summed E-state index contributed by atoms with van der Waals surface area (Å²) in [5.74, 6) is -0.307. The topological polar surface area (TPSA) is 89.3 Å². The zero-order valence-electron chi connectivity index (χ0n) is 10.4. The zero-order chi connectivity index (χ0) is 13.8. The first-order valence-electron chi connectivity index (χ1n) is 4.93. The van der Waals surface area contributed by atoms with Crippen molar-refractivity contribution in [1.29, 1.82) is 0 Å². The van der Waals surface area contributed by atoms with Crippen LogP contribution < -0.4 is 11.1 Å². The highest BCUT2D eigenvalue weighted by atomic mass is 32.3. The summed E-state index contributed by atoms with van der Waals surface area (Å²) in [4.78, 5) is 10.8. The van der Waals surface area contributed by atoms with E-state index in [0.717, 1.165) is 11.8 Å². The number of hydrogen-bond donors (Lipinski definition) is 2. The number of thioether (sulfide) groups is 1. The third kappa shape index (κ3) is 4.82. The quantitative estimate of drug-likeness (QED) is 0.791. The van der Waals surface area contributed by atoms with Gasteiger partial charge in [0, 0.05) is 12.6 Å². The molecule has 0 fully saturated rings. The van der Waals surface area contributed by atoms with Gasteiger partial charge in [-0.05, 0) is 20.8 Å². The van der Waals surface area contributed by atoms with Gasteiger partial charge in [0.2, 0.25) is 5.91 Å². The SMILES string of the molecule is C=C(NC(C)=O)S/C(=C(/C)N)S(=O)(=O)C(C)C. The fourth-order valence-electron chi connectivity index (χ4n) is 0.911. The fraction of sp³-hybridized carbons (Fsp3) is 0.500. The van der Waals surface area contributed by atoms with Crippen molar-refractivity contribution in [3.05, 3.63) is 21.5 Å². The Morgan fingerprint density at radius 3 is 2.12 bits per heavy atom. The molecule has 0 bridgehead atoms. The lowest BCUT2D eigenvalue weighted by Gasteiger charge is -2.14. The minimum atomic E-state index is -3.46. The molecule has 0 aromatic heterocycles. The molecular formula is C10H18N2O3S2. The standard InChI is InChI=1S/C10H18N2O3S2/c1-6(2)17(14,15)10(7(3)11)16-9(5)12-8(4)13/h6H,5,11H2,1-4H3,(H,12,13)/b10-7+. The number of amides is 1. The van der Waals surface area contributed by atoms with E-state index >= 15 is 0 Å². The van der Waals surface area contributed by atoms with Crippen molar-refractivity contribution in [3.63, 3.8) is 0 Å². The predicted molar refractivity (Wildman–Crippen MR) is 71.5 cm³/mol. The highest BCUT2D eigenvalue weighted by molar-refractivity contribution is 8.20. The molecule has 0 rings (SSSR count). The van der Waals surface area contributed by atoms with Crippen LogP contribution in [-0.4, -0.2) is 19.6 Å². The molecule has 1 amide bonds. The maximum absolute atomic E-state index is 12.0. The van der Waals surface area contributed by atoms with Gasteiger partial charge in [0.25, 0.3) is 0 Å². The third-order valence-corrected chi connectivity index (χ3v) is 5.62. The molecule has 0 radical (unpaired) electrons. The number of nitrogens with one attached hydrogen (secondary N) is 1. The molecule has 0 aliphatic rings. The Bertz CT molecular complexity index is 446. The Balaban J connectivity index is 5.15. The molecule has 0 aliphatic heterocycles. The van der Waals surface area contributed by atoms with Gasteiger partial charge >= 0.3 is 0 Å². The van der Waals surface area contributed by atoms with Gasteiger partial charge in [0.1, 0.15) is 4.24 Å². The maximum atomic E-state index is 12.0. The first kappa shape index (κ1) is 16.1. The summed E-state index contributed by atoms with van der Waals surface area (Å²) in [6.07, 6.45) is 0. The smallest absolute Gasteiger partial charge is 0.221 e. The normalized spacial score (nSPS) is 13.2. The predicted octanol–water partition coefficient (Wildman–Crippen LogP) is 1.30. The number of rotatable bonds is 5. The molecule has 5 nitrogen and oxygen atoms in total. The van der Waals surface area contributed by atoms with E-state index in [1.54, 1.807) is 13.8 Å². The minimum absolute atomic E-state index is 0.0336. The van der Waals surface area contributed by atoms with Crippen molar-refractivity contribution < 1.29 is 13.2 Å². The van der Waals surface area contributed by atoms with Gasteiger partial charge < -0.3 is 11.1 Å². The molecular weight excluding hydrogens is 260 g/mol. The van der Waals surface area contributed by atoms with E-state index in [0.29, 0.717) is 0 Å². The van der Waals surface area contributed by atoms with E-state index in [-0.39, 0.29) is 20.9 Å². The number of carbonyl (C=O) groups excluding carboxylic acids is 1. The van der Waals surface area contributed by atoms with E-state index in [4.69, 9.17) is 5.73 Å². The number of allylic oxidation sites excluding steroid dienone is 1. The Hall–Kier alpha value is -0.950. The molecule has 98 valence electrons. The van der Waals surface area contributed by atoms with Crippen LogP contribution in [0.2, 0.25) is 0 Å². The number of carbonyl (C=O) groups is 1. The number of nitrogens with two attached hydrogens (primary N) is 1. The maximum Gasteiger partial charge on any atom is 0.221 e. The molecule has 0 aromatic rings. The summed E-state index contributed by atoms with van der Waals surface area (Å²) in [5, 5.41) is 2.08. The molecule has 17 heavy (non-hydrogen) atoms. The first-order valence-corrected chi connectivity index (χ1v) is 7.30. The Morgan fingerprint density at radius 1 is 1.35 bits per heavy atom. The van der Waals surface area contributed by atoms with E-state index < -0.39 is 15.1 Å². The van der Waals surface area contributed by atoms with Crippen LogP contribution in [0.1, 0.15) is 27.7 Å². The monoisotopic (exact) mass is 278 g/mol. The van der Waals surface area contributed by atoms with Crippen molar-refractivity contribution >= 4 is 27.5 Å². The summed E-state index contributed by atoms with van der Waals surface area (Å²) < 4.78 is 24.0. The Kier molecular flexibility index (Phi) is 5.77. The summed E-state index contributed by atoms with van der Waals surface area (Å²) in [6, 6.07) is 0. The van der Waals surface area contributed by atoms with E-state index in [2.05, 4.69) is 11.9 Å². The highest BCUT2D eigenvalue weighted by Crippen LogP contribution is 2.31. The molecule has 0 saturated heterocycles. The molecule has 0 spiro atoms. The summed E-state index contributed by atoms with van der Waals surface area (Å²) in [5.41, 5.74) is 5.76. The van der Waals surface area contributed by atoms with Crippen molar-refractivity contribution in [3.8, 4) is 0 Å². The summed E-state index contributed by atoms with van der Waals surface area (Å²) in [7, 11) is -3.46. The Labute approximate surface area is 106 Å². The van der Waals surface area contributed by atoms with Crippen LogP contribution in [0.25, 0.3) is 0 Å². The van der Waals surface area contributed by atoms with Gasteiger partial charge in [-0.3, -0.25) is 4.79 Å². The second-order valence-corrected chi connectivity index (χ2v) is 7.58. The minimum Gasteiger partial charge on any atom is -0.401 e. The molecule has 0 aromatic carbocycles. The average molecular weight is 278 g/mol. The summed E-state index contributed by atoms with van der Waals surface area (Å²) in [6.45, 7) is 9.53. The van der Waals surface area contributed by atoms with Gasteiger partial charge in [-0.25, -0.2) is 8.42 Å². The highest BCUT2D eigenvalue weighted by Gasteiger charge is 2.25. The lowest BCUT2D eigenvalue weighted by molar-refractivity contribution is -0.118. The summed E-state index contributed by atoms with van der Waals surface area (Å²) >= 11 is 0.857. The first-order chi connectivity index (χ1) is 7.59. The number of hydrogen-bond acceptors (Lipinski definition) is 5. The van der Waals surface area contributed by atoms with Gasteiger partial charge in [0.05, 0.1) is 10.3 Å². The van der Waals surface area contributed by atoms with Gasteiger partial charge in [0.15, 0.2) is 9.84 Å². The molecule has 0 heterocycles. The van der Waals surface area contributed by atoms with Crippen molar-refractivity contribution in [2.45, 2.75) is 32.9 Å². The lowest BCUT2D eigenvalue weighted by atomic mass is 10.6. The van der Waals surface area contributed by atoms with Crippen LogP contribution >= 0.6 is 11.8 Å².